The summed E-state index contributed by atoms with van der Waals surface area (Å²) in [6, 6.07) is 0. The van der Waals surface area contributed by atoms with Gasteiger partial charge in [0.15, 0.2) is 44.0 Å². The van der Waals surface area contributed by atoms with Crippen molar-refractivity contribution in [1.29, 1.82) is 0 Å². The Morgan fingerprint density at radius 3 is 0.760 bits per heavy atom. The molecule has 0 aromatic rings. The smallest absolute Gasteiger partial charge is 0.174 e. The van der Waals surface area contributed by atoms with E-state index in [1.54, 1.807) is 0 Å². The maximum Gasteiger partial charge on any atom is 0.174 e. The average molecular weight is 579 g/mol. The van der Waals surface area contributed by atoms with Gasteiger partial charge in [0.05, 0.1) is 19.0 Å². The Hall–Kier alpha value is 3.14. The summed E-state index contributed by atoms with van der Waals surface area (Å²) in [6.07, 6.45) is -2.32. The summed E-state index contributed by atoms with van der Waals surface area (Å²) >= 11 is 0. The molecule has 0 fully saturated rings. The first-order valence-corrected chi connectivity index (χ1v) is 13.3. The van der Waals surface area contributed by atoms with Gasteiger partial charge in [0, 0.05) is 65.4 Å². The van der Waals surface area contributed by atoms with Crippen LogP contribution in [0.2, 0.25) is 0 Å². The summed E-state index contributed by atoms with van der Waals surface area (Å²) in [5.74, 6) is 0.160. The fourth-order valence-electron chi connectivity index (χ4n) is 1.31. The summed E-state index contributed by atoms with van der Waals surface area (Å²) in [5.41, 5.74) is 0. The van der Waals surface area contributed by atoms with Crippen molar-refractivity contribution in [3.8, 4) is 0 Å². The minimum atomic E-state index is -2.37. The molecule has 25 heavy (non-hydrogen) atoms. The zero-order valence-electron chi connectivity index (χ0n) is 14.6. The Morgan fingerprint density at radius 1 is 0.480 bits per heavy atom. The van der Waals surface area contributed by atoms with E-state index in [1.807, 2.05) is 0 Å². The topological polar surface area (TPSA) is 182 Å². The molecule has 0 atom stereocenters. The summed E-state index contributed by atoms with van der Waals surface area (Å²) in [7, 11) is -5.64. The van der Waals surface area contributed by atoms with Gasteiger partial charge in [-0.15, -0.1) is 0 Å². The van der Waals surface area contributed by atoms with Gasteiger partial charge in [-0.25, -0.2) is 0 Å². The van der Waals surface area contributed by atoms with Crippen LogP contribution in [0.15, 0.2) is 0 Å². The van der Waals surface area contributed by atoms with Crippen LogP contribution >= 0.6 is 22.4 Å². The minimum Gasteiger partial charge on any atom is -0.392 e. The predicted octanol–water partition coefficient (Wildman–Crippen LogP) is -1.56. The second-order valence-electron chi connectivity index (χ2n) is 4.77. The van der Waals surface area contributed by atoms with Crippen molar-refractivity contribution in [3.63, 3.8) is 0 Å². The standard InChI is InChI=1S/C7H20O6P2.C3H9O3P.CH3.2Y/c8-1-14(2-9,3-10)7-15(4-11,5-12)6-13;4-1-7(2-5)3-6;;;/h8-13H,1-7H2;4-6H,1-3H2;1H3;;/q+2;;-1;;. The van der Waals surface area contributed by atoms with E-state index in [9.17, 15) is 0 Å². The van der Waals surface area contributed by atoms with Gasteiger partial charge in [-0.2, -0.15) is 0 Å². The fraction of sp³-hybridized carbons (Fsp3) is 0.909. The van der Waals surface area contributed by atoms with E-state index in [0.717, 1.165) is 0 Å². The molecular weight excluding hydrogens is 547 g/mol. The molecule has 150 valence electrons. The van der Waals surface area contributed by atoms with Gasteiger partial charge in [0.1, 0.15) is 14.5 Å². The molecule has 0 aromatic heterocycles. The van der Waals surface area contributed by atoms with Crippen LogP contribution in [0, 0.1) is 7.43 Å². The van der Waals surface area contributed by atoms with Crippen LogP contribution in [0.4, 0.5) is 0 Å². The van der Waals surface area contributed by atoms with Gasteiger partial charge >= 0.3 is 0 Å². The Morgan fingerprint density at radius 2 is 0.680 bits per heavy atom. The normalized spacial score (nSPS) is 10.8. The molecule has 2 radical (unpaired) electrons. The summed E-state index contributed by atoms with van der Waals surface area (Å²) in [6.45, 7) is 0. The third-order valence-corrected chi connectivity index (χ3v) is 12.6. The zero-order chi connectivity index (χ0) is 17.6. The number of aliphatic hydroxyl groups excluding tert-OH is 9. The van der Waals surface area contributed by atoms with Crippen LogP contribution in [-0.4, -0.2) is 109 Å². The zero-order valence-corrected chi connectivity index (χ0v) is 23.0. The van der Waals surface area contributed by atoms with E-state index in [1.165, 1.54) is 0 Å². The summed E-state index contributed by atoms with van der Waals surface area (Å²) < 4.78 is 0. The Balaban J connectivity index is -0.000000116. The molecule has 0 aliphatic rings. The average Bonchev–Trinajstić information content (AvgIpc) is 2.59. The largest absolute Gasteiger partial charge is 0.392 e. The van der Waals surface area contributed by atoms with Crippen LogP contribution in [0.3, 0.4) is 0 Å². The molecular formula is C11H32O9P3Y2+. The Bertz CT molecular complexity index is 219. The van der Waals surface area contributed by atoms with E-state index in [4.69, 9.17) is 46.0 Å². The second kappa shape index (κ2) is 23.4. The number of hydrogen-bond acceptors (Lipinski definition) is 9. The molecule has 0 rings (SSSR count). The van der Waals surface area contributed by atoms with Crippen molar-refractivity contribution >= 4 is 22.4 Å². The number of hydrogen-bond donors (Lipinski definition) is 9. The van der Waals surface area contributed by atoms with Gasteiger partial charge < -0.3 is 53.4 Å². The van der Waals surface area contributed by atoms with Crippen molar-refractivity contribution in [1.82, 2.24) is 0 Å². The fourth-order valence-corrected chi connectivity index (χ4v) is 9.35. The van der Waals surface area contributed by atoms with E-state index in [0.29, 0.717) is 0 Å². The Kier molecular flexibility index (Phi) is 36.3. The van der Waals surface area contributed by atoms with Gasteiger partial charge in [0.25, 0.3) is 0 Å². The summed E-state index contributed by atoms with van der Waals surface area (Å²) in [5, 5.41) is 79.5. The molecule has 0 spiro atoms. The third-order valence-electron chi connectivity index (χ3n) is 3.00. The van der Waals surface area contributed by atoms with E-state index in [2.05, 4.69) is 0 Å². The van der Waals surface area contributed by atoms with Crippen molar-refractivity contribution in [3.05, 3.63) is 7.43 Å². The van der Waals surface area contributed by atoms with Crippen molar-refractivity contribution in [2.24, 2.45) is 0 Å². The molecule has 0 aliphatic heterocycles. The monoisotopic (exact) mass is 579 g/mol. The van der Waals surface area contributed by atoms with E-state index in [-0.39, 0.29) is 136 Å². The maximum atomic E-state index is 9.13. The van der Waals surface area contributed by atoms with Gasteiger partial charge in [-0.05, 0) is 7.92 Å². The van der Waals surface area contributed by atoms with Crippen LogP contribution in [0.25, 0.3) is 0 Å². The van der Waals surface area contributed by atoms with Crippen molar-refractivity contribution in [2.75, 3.05) is 63.0 Å². The molecule has 0 saturated carbocycles. The molecule has 0 unspecified atom stereocenters. The molecule has 9 nitrogen and oxygen atoms in total. The van der Waals surface area contributed by atoms with Crippen LogP contribution < -0.4 is 0 Å². The number of rotatable bonds is 11. The quantitative estimate of drug-likeness (QED) is 0.103. The molecule has 0 bridgehead atoms. The maximum absolute atomic E-state index is 9.13. The Labute approximate surface area is 202 Å². The van der Waals surface area contributed by atoms with E-state index < -0.39 is 22.4 Å². The molecule has 0 aliphatic carbocycles. The minimum absolute atomic E-state index is 0. The first kappa shape index (κ1) is 38.7. The van der Waals surface area contributed by atoms with Crippen LogP contribution in [0.5, 0.6) is 0 Å². The molecule has 0 amide bonds. The van der Waals surface area contributed by atoms with Crippen LogP contribution in [0.1, 0.15) is 0 Å². The molecule has 9 N–H and O–H groups in total. The van der Waals surface area contributed by atoms with E-state index >= 15 is 0 Å². The van der Waals surface area contributed by atoms with Gasteiger partial charge in [-0.1, -0.05) is 0 Å². The third kappa shape index (κ3) is 15.6. The number of aliphatic hydroxyl groups is 9. The second-order valence-corrected chi connectivity index (χ2v) is 15.2. The molecule has 0 aromatic carbocycles. The van der Waals surface area contributed by atoms with Crippen molar-refractivity contribution < 1.29 is 111 Å². The SMILES string of the molecule is OCP(CO)CO.OC[P+](CO)(CO)C[P+](CO)(CO)CO.[CH3-].[Y].[Y]. The summed E-state index contributed by atoms with van der Waals surface area (Å²) in [4.78, 5) is 0. The van der Waals surface area contributed by atoms with Gasteiger partial charge in [-0.3, -0.25) is 0 Å². The first-order chi connectivity index (χ1) is 10.4. The molecule has 14 heteroatoms. The van der Waals surface area contributed by atoms with Crippen LogP contribution in [-0.2, 0) is 65.4 Å². The predicted molar refractivity (Wildman–Crippen MR) is 95.8 cm³/mol. The van der Waals surface area contributed by atoms with Gasteiger partial charge in [0.2, 0.25) is 0 Å². The van der Waals surface area contributed by atoms with Crippen molar-refractivity contribution in [2.45, 2.75) is 0 Å². The first-order valence-electron chi connectivity index (χ1n) is 6.32. The molecule has 0 saturated heterocycles. The molecule has 0 heterocycles.